The molecule has 0 spiro atoms. The van der Waals surface area contributed by atoms with Crippen molar-refractivity contribution < 1.29 is 9.90 Å². The van der Waals surface area contributed by atoms with Crippen LogP contribution < -0.4 is 5.32 Å². The molecule has 2 N–H and O–H groups in total. The third-order valence-corrected chi connectivity index (χ3v) is 4.28. The van der Waals surface area contributed by atoms with Crippen LogP contribution >= 0.6 is 11.3 Å². The number of phenolic OH excluding ortho intramolecular Hbond substituents is 1. The van der Waals surface area contributed by atoms with E-state index in [2.05, 4.69) is 10.3 Å². The van der Waals surface area contributed by atoms with Crippen LogP contribution in [0.2, 0.25) is 0 Å². The van der Waals surface area contributed by atoms with Gasteiger partial charge in [-0.1, -0.05) is 30.3 Å². The highest BCUT2D eigenvalue weighted by atomic mass is 32.1. The molecule has 1 aromatic heterocycles. The van der Waals surface area contributed by atoms with Crippen LogP contribution in [0.25, 0.3) is 10.6 Å². The number of rotatable bonds is 5. The molecule has 0 aliphatic carbocycles. The first-order valence-corrected chi connectivity index (χ1v) is 8.13. The zero-order valence-electron chi connectivity index (χ0n) is 12.4. The number of amides is 1. The van der Waals surface area contributed by atoms with E-state index in [0.29, 0.717) is 6.54 Å². The first kappa shape index (κ1) is 15.2. The minimum absolute atomic E-state index is 0.0450. The summed E-state index contributed by atoms with van der Waals surface area (Å²) in [7, 11) is 0. The molecule has 3 aromatic rings. The number of carbonyl (C=O) groups excluding carboxylic acids is 1. The molecule has 0 aliphatic rings. The van der Waals surface area contributed by atoms with E-state index in [4.69, 9.17) is 0 Å². The van der Waals surface area contributed by atoms with E-state index < -0.39 is 0 Å². The summed E-state index contributed by atoms with van der Waals surface area (Å²) in [5.41, 5.74) is 2.76. The lowest BCUT2D eigenvalue weighted by Gasteiger charge is -2.03. The van der Waals surface area contributed by atoms with Gasteiger partial charge in [0.1, 0.15) is 10.8 Å². The fourth-order valence-electron chi connectivity index (χ4n) is 2.15. The summed E-state index contributed by atoms with van der Waals surface area (Å²) in [6.45, 7) is 0.522. The van der Waals surface area contributed by atoms with Gasteiger partial charge in [0.25, 0.3) is 0 Å². The third-order valence-electron chi connectivity index (χ3n) is 3.34. The van der Waals surface area contributed by atoms with E-state index in [1.54, 1.807) is 12.1 Å². The van der Waals surface area contributed by atoms with Gasteiger partial charge in [-0.15, -0.1) is 11.3 Å². The van der Waals surface area contributed by atoms with Gasteiger partial charge in [-0.25, -0.2) is 4.98 Å². The van der Waals surface area contributed by atoms with Crippen LogP contribution in [0, 0.1) is 0 Å². The molecular formula is C18H16N2O2S. The Labute approximate surface area is 138 Å². The maximum Gasteiger partial charge on any atom is 0.226 e. The molecule has 0 atom stereocenters. The Balaban J connectivity index is 1.58. The molecule has 4 nitrogen and oxygen atoms in total. The Morgan fingerprint density at radius 1 is 1.09 bits per heavy atom. The summed E-state index contributed by atoms with van der Waals surface area (Å²) in [4.78, 5) is 16.5. The summed E-state index contributed by atoms with van der Waals surface area (Å²) in [5.74, 6) is 0.183. The minimum atomic E-state index is -0.0450. The van der Waals surface area contributed by atoms with Gasteiger partial charge in [0.2, 0.25) is 5.91 Å². The van der Waals surface area contributed by atoms with E-state index in [9.17, 15) is 9.90 Å². The van der Waals surface area contributed by atoms with E-state index >= 15 is 0 Å². The van der Waals surface area contributed by atoms with Crippen LogP contribution in [0.5, 0.6) is 5.75 Å². The standard InChI is InChI=1S/C18H16N2O2S/c21-16-8-6-14(7-9-16)18-20-15(12-23-18)10-17(22)19-11-13-4-2-1-3-5-13/h1-9,12,21H,10-11H2,(H,19,22). The average molecular weight is 324 g/mol. The number of benzene rings is 2. The number of thiazole rings is 1. The van der Waals surface area contributed by atoms with Crippen LogP contribution in [0.4, 0.5) is 0 Å². The van der Waals surface area contributed by atoms with Crippen molar-refractivity contribution in [3.63, 3.8) is 0 Å². The quantitative estimate of drug-likeness (QED) is 0.756. The number of phenols is 1. The molecular weight excluding hydrogens is 308 g/mol. The maximum atomic E-state index is 12.0. The van der Waals surface area contributed by atoms with Crippen LogP contribution in [0.1, 0.15) is 11.3 Å². The first-order chi connectivity index (χ1) is 11.2. The third kappa shape index (κ3) is 4.17. The zero-order valence-corrected chi connectivity index (χ0v) is 13.2. The Bertz CT molecular complexity index is 782. The maximum absolute atomic E-state index is 12.0. The van der Waals surface area contributed by atoms with Gasteiger partial charge < -0.3 is 10.4 Å². The lowest BCUT2D eigenvalue weighted by molar-refractivity contribution is -0.120. The van der Waals surface area contributed by atoms with Crippen molar-refractivity contribution >= 4 is 17.2 Å². The molecule has 0 aliphatic heterocycles. The summed E-state index contributed by atoms with van der Waals surface area (Å²) in [6.07, 6.45) is 0.265. The summed E-state index contributed by atoms with van der Waals surface area (Å²) >= 11 is 1.49. The molecule has 0 saturated heterocycles. The molecule has 23 heavy (non-hydrogen) atoms. The van der Waals surface area contributed by atoms with Gasteiger partial charge in [-0.2, -0.15) is 0 Å². The number of aromatic nitrogens is 1. The lowest BCUT2D eigenvalue weighted by Crippen LogP contribution is -2.24. The number of nitrogens with zero attached hydrogens (tertiary/aromatic N) is 1. The molecule has 5 heteroatoms. The largest absolute Gasteiger partial charge is 0.508 e. The molecule has 2 aromatic carbocycles. The molecule has 0 saturated carbocycles. The topological polar surface area (TPSA) is 62.2 Å². The smallest absolute Gasteiger partial charge is 0.226 e. The Morgan fingerprint density at radius 3 is 2.57 bits per heavy atom. The van der Waals surface area contributed by atoms with Gasteiger partial charge in [-0.05, 0) is 29.8 Å². The fourth-order valence-corrected chi connectivity index (χ4v) is 2.97. The van der Waals surface area contributed by atoms with Crippen molar-refractivity contribution in [3.05, 3.63) is 71.2 Å². The van der Waals surface area contributed by atoms with Crippen molar-refractivity contribution in [3.8, 4) is 16.3 Å². The summed E-state index contributed by atoms with van der Waals surface area (Å²) in [5, 5.41) is 14.9. The van der Waals surface area contributed by atoms with Crippen molar-refractivity contribution in [2.24, 2.45) is 0 Å². The highest BCUT2D eigenvalue weighted by Gasteiger charge is 2.09. The van der Waals surface area contributed by atoms with E-state index in [1.165, 1.54) is 11.3 Å². The molecule has 0 radical (unpaired) electrons. The number of carbonyl (C=O) groups is 1. The van der Waals surface area contributed by atoms with Crippen LogP contribution in [-0.2, 0) is 17.8 Å². The summed E-state index contributed by atoms with van der Waals surface area (Å²) < 4.78 is 0. The average Bonchev–Trinajstić information content (AvgIpc) is 3.03. The van der Waals surface area contributed by atoms with Crippen LogP contribution in [0.15, 0.2) is 60.0 Å². The van der Waals surface area contributed by atoms with Crippen LogP contribution in [0.3, 0.4) is 0 Å². The molecule has 0 bridgehead atoms. The molecule has 0 unspecified atom stereocenters. The van der Waals surface area contributed by atoms with Gasteiger partial charge >= 0.3 is 0 Å². The van der Waals surface area contributed by atoms with E-state index in [1.807, 2.05) is 47.8 Å². The number of hydrogen-bond donors (Lipinski definition) is 2. The summed E-state index contributed by atoms with van der Waals surface area (Å²) in [6, 6.07) is 16.7. The van der Waals surface area contributed by atoms with Gasteiger partial charge in [-0.3, -0.25) is 4.79 Å². The molecule has 0 fully saturated rings. The van der Waals surface area contributed by atoms with Crippen molar-refractivity contribution in [2.75, 3.05) is 0 Å². The lowest BCUT2D eigenvalue weighted by atomic mass is 10.2. The highest BCUT2D eigenvalue weighted by Crippen LogP contribution is 2.25. The van der Waals surface area contributed by atoms with Gasteiger partial charge in [0.05, 0.1) is 12.1 Å². The Morgan fingerprint density at radius 2 is 1.83 bits per heavy atom. The zero-order chi connectivity index (χ0) is 16.1. The van der Waals surface area contributed by atoms with Crippen molar-refractivity contribution in [1.29, 1.82) is 0 Å². The number of nitrogens with one attached hydrogen (secondary N) is 1. The van der Waals surface area contributed by atoms with Crippen molar-refractivity contribution in [1.82, 2.24) is 10.3 Å². The predicted molar refractivity (Wildman–Crippen MR) is 91.2 cm³/mol. The monoisotopic (exact) mass is 324 g/mol. The highest BCUT2D eigenvalue weighted by molar-refractivity contribution is 7.13. The molecule has 116 valence electrons. The second-order valence-electron chi connectivity index (χ2n) is 5.13. The fraction of sp³-hybridized carbons (Fsp3) is 0.111. The predicted octanol–water partition coefficient (Wildman–Crippen LogP) is 3.37. The van der Waals surface area contributed by atoms with E-state index in [0.717, 1.165) is 21.8 Å². The minimum Gasteiger partial charge on any atom is -0.508 e. The SMILES string of the molecule is O=C(Cc1csc(-c2ccc(O)cc2)n1)NCc1ccccc1. The molecule has 3 rings (SSSR count). The molecule has 1 heterocycles. The Kier molecular flexibility index (Phi) is 4.68. The number of aromatic hydroxyl groups is 1. The Hall–Kier alpha value is -2.66. The van der Waals surface area contributed by atoms with Crippen molar-refractivity contribution in [2.45, 2.75) is 13.0 Å². The first-order valence-electron chi connectivity index (χ1n) is 7.25. The van der Waals surface area contributed by atoms with Gasteiger partial charge in [0, 0.05) is 17.5 Å². The van der Waals surface area contributed by atoms with E-state index in [-0.39, 0.29) is 18.1 Å². The van der Waals surface area contributed by atoms with Crippen LogP contribution in [-0.4, -0.2) is 16.0 Å². The normalized spacial score (nSPS) is 10.4. The second kappa shape index (κ2) is 7.07. The second-order valence-corrected chi connectivity index (χ2v) is 5.99. The molecule has 1 amide bonds. The number of hydrogen-bond acceptors (Lipinski definition) is 4. The van der Waals surface area contributed by atoms with Gasteiger partial charge in [0.15, 0.2) is 0 Å².